The highest BCUT2D eigenvalue weighted by atomic mass is 16.6. The highest BCUT2D eigenvalue weighted by Gasteiger charge is 2.20. The molecule has 0 spiro atoms. The topological polar surface area (TPSA) is 89.6 Å². The van der Waals surface area contributed by atoms with Crippen molar-refractivity contribution in [2.24, 2.45) is 5.73 Å². The van der Waals surface area contributed by atoms with Gasteiger partial charge in [0.1, 0.15) is 5.60 Å². The Hall–Kier alpha value is -1.76. The van der Waals surface area contributed by atoms with Crippen molar-refractivity contribution in [3.63, 3.8) is 0 Å². The summed E-state index contributed by atoms with van der Waals surface area (Å²) in [6.45, 7) is 5.07. The lowest BCUT2D eigenvalue weighted by molar-refractivity contribution is -0.154. The van der Waals surface area contributed by atoms with Gasteiger partial charge in [-0.15, -0.1) is 0 Å². The van der Waals surface area contributed by atoms with Crippen LogP contribution in [0.2, 0.25) is 0 Å². The fourth-order valence-corrected chi connectivity index (χ4v) is 0.596. The molecule has 0 aromatic heterocycles. The molecule has 0 heterocycles. The number of carbonyl (C=O) groups is 1. The fourth-order valence-electron chi connectivity index (χ4n) is 0.596. The Morgan fingerprint density at radius 1 is 1.47 bits per heavy atom. The minimum Gasteiger partial charge on any atom is -0.493 e. The van der Waals surface area contributed by atoms with Crippen LogP contribution in [0.15, 0.2) is 5.76 Å². The summed E-state index contributed by atoms with van der Waals surface area (Å²) in [5.41, 5.74) is 4.67. The smallest absolute Gasteiger partial charge is 0.336 e. The van der Waals surface area contributed by atoms with Crippen molar-refractivity contribution in [2.45, 2.75) is 32.4 Å². The number of nitrogens with two attached hydrogens (primary N) is 1. The molecule has 0 aliphatic heterocycles. The Balaban J connectivity index is 4.46. The van der Waals surface area contributed by atoms with Crippen LogP contribution in [0.3, 0.4) is 0 Å². The Morgan fingerprint density at radius 2 is 2.00 bits per heavy atom. The van der Waals surface area contributed by atoms with Gasteiger partial charge < -0.3 is 15.6 Å². The molecule has 0 aliphatic carbocycles. The van der Waals surface area contributed by atoms with Crippen molar-refractivity contribution in [1.82, 2.24) is 0 Å². The predicted molar refractivity (Wildman–Crippen MR) is 53.4 cm³/mol. The van der Waals surface area contributed by atoms with Gasteiger partial charge in [0.25, 0.3) is 5.76 Å². The van der Waals surface area contributed by atoms with Crippen LogP contribution in [0, 0.1) is 11.8 Å². The van der Waals surface area contributed by atoms with Crippen molar-refractivity contribution in [3.8, 4) is 11.8 Å². The summed E-state index contributed by atoms with van der Waals surface area (Å²) < 4.78 is 4.91. The van der Waals surface area contributed by atoms with Crippen LogP contribution in [0.5, 0.6) is 0 Å². The molecule has 0 saturated heterocycles. The van der Waals surface area contributed by atoms with E-state index in [9.17, 15) is 9.59 Å². The van der Waals surface area contributed by atoms with Crippen molar-refractivity contribution >= 4 is 11.9 Å². The summed E-state index contributed by atoms with van der Waals surface area (Å²) in [5.74, 6) is 3.77. The first-order valence-corrected chi connectivity index (χ1v) is 4.20. The first kappa shape index (κ1) is 13.2. The number of esters is 1. The molecule has 0 rings (SSSR count). The minimum atomic E-state index is -1.19. The Kier molecular flexibility index (Phi) is 4.59. The molecule has 0 saturated carbocycles. The first-order valence-electron chi connectivity index (χ1n) is 4.20. The van der Waals surface area contributed by atoms with Gasteiger partial charge in [-0.1, -0.05) is 5.92 Å². The number of hydrogen-bond donors (Lipinski definition) is 2. The molecule has 0 fully saturated rings. The van der Waals surface area contributed by atoms with Crippen LogP contribution < -0.4 is 5.73 Å². The monoisotopic (exact) mass is 211 g/mol. The van der Waals surface area contributed by atoms with Gasteiger partial charge in [0.05, 0.1) is 0 Å². The second-order valence-corrected chi connectivity index (χ2v) is 3.73. The third-order valence-electron chi connectivity index (χ3n) is 1.10. The Bertz CT molecular complexity index is 350. The zero-order valence-electron chi connectivity index (χ0n) is 8.83. The van der Waals surface area contributed by atoms with Gasteiger partial charge in [-0.25, -0.2) is 9.59 Å². The van der Waals surface area contributed by atoms with Crippen LogP contribution >= 0.6 is 0 Å². The van der Waals surface area contributed by atoms with Gasteiger partial charge in [-0.2, -0.15) is 0 Å². The average molecular weight is 211 g/mol. The van der Waals surface area contributed by atoms with Crippen LogP contribution in [0.4, 0.5) is 0 Å². The summed E-state index contributed by atoms with van der Waals surface area (Å²) in [5, 5.41) is 8.63. The van der Waals surface area contributed by atoms with E-state index in [0.717, 1.165) is 5.94 Å². The molecule has 5 heteroatoms. The number of hydrogen-bond acceptors (Lipinski definition) is 5. The number of aliphatic hydroxyl groups is 1. The second kappa shape index (κ2) is 5.20. The molecule has 1 atom stereocenters. The lowest BCUT2D eigenvalue weighted by Crippen LogP contribution is -2.36. The molecule has 0 radical (unpaired) electrons. The zero-order chi connectivity index (χ0) is 12.1. The lowest BCUT2D eigenvalue weighted by Gasteiger charge is -2.20. The van der Waals surface area contributed by atoms with E-state index < -0.39 is 23.4 Å². The molecule has 0 aromatic carbocycles. The summed E-state index contributed by atoms with van der Waals surface area (Å²) in [6.07, 6.45) is 0. The molecule has 82 valence electrons. The van der Waals surface area contributed by atoms with Gasteiger partial charge in [0.2, 0.25) is 0 Å². The molecule has 1 unspecified atom stereocenters. The van der Waals surface area contributed by atoms with Crippen molar-refractivity contribution in [2.75, 3.05) is 0 Å². The molecule has 15 heavy (non-hydrogen) atoms. The van der Waals surface area contributed by atoms with E-state index in [4.69, 9.17) is 15.6 Å². The van der Waals surface area contributed by atoms with Crippen LogP contribution in [-0.4, -0.2) is 28.7 Å². The maximum absolute atomic E-state index is 11.2. The molecule has 0 bridgehead atoms. The van der Waals surface area contributed by atoms with E-state index in [1.807, 2.05) is 5.92 Å². The van der Waals surface area contributed by atoms with Gasteiger partial charge in [-0.3, -0.25) is 0 Å². The van der Waals surface area contributed by atoms with E-state index in [2.05, 4.69) is 5.92 Å². The number of carbonyl (C=O) groups excluding carboxylic acids is 2. The van der Waals surface area contributed by atoms with Crippen molar-refractivity contribution < 1.29 is 19.4 Å². The van der Waals surface area contributed by atoms with E-state index in [1.54, 1.807) is 20.8 Å². The van der Waals surface area contributed by atoms with E-state index >= 15 is 0 Å². The zero-order valence-corrected chi connectivity index (χ0v) is 8.83. The van der Waals surface area contributed by atoms with E-state index in [0.29, 0.717) is 0 Å². The van der Waals surface area contributed by atoms with Gasteiger partial charge in [0.15, 0.2) is 12.0 Å². The summed E-state index contributed by atoms with van der Waals surface area (Å²) in [6, 6.07) is -1.19. The van der Waals surface area contributed by atoms with Gasteiger partial charge >= 0.3 is 5.97 Å². The molecular weight excluding hydrogens is 198 g/mol. The number of aliphatic hydroxyl groups excluding tert-OH is 1. The third kappa shape index (κ3) is 6.33. The van der Waals surface area contributed by atoms with Crippen molar-refractivity contribution in [1.29, 1.82) is 0 Å². The minimum absolute atomic E-state index is 0.654. The molecule has 5 nitrogen and oxygen atoms in total. The normalized spacial score (nSPS) is 11.7. The molecule has 0 aromatic rings. The van der Waals surface area contributed by atoms with Crippen LogP contribution in [0.25, 0.3) is 0 Å². The summed E-state index contributed by atoms with van der Waals surface area (Å²) in [4.78, 5) is 21.1. The Morgan fingerprint density at radius 3 is 2.40 bits per heavy atom. The average Bonchev–Trinajstić information content (AvgIpc) is 2.10. The quantitative estimate of drug-likeness (QED) is 0.274. The Labute approximate surface area is 87.9 Å². The standard InChI is InChI=1S/C10H13NO4/c1-10(2,3)15-9(14)8(11)5-4-7(13)6-12/h8,13H,11H2,1-3H3. The van der Waals surface area contributed by atoms with Crippen LogP contribution in [-0.2, 0) is 14.3 Å². The van der Waals surface area contributed by atoms with Crippen molar-refractivity contribution in [3.05, 3.63) is 5.76 Å². The predicted octanol–water partition coefficient (Wildman–Crippen LogP) is -0.0677. The maximum atomic E-state index is 11.2. The molecule has 0 amide bonds. The largest absolute Gasteiger partial charge is 0.493 e. The number of rotatable bonds is 1. The van der Waals surface area contributed by atoms with Gasteiger partial charge in [-0.05, 0) is 26.7 Å². The van der Waals surface area contributed by atoms with Crippen LogP contribution in [0.1, 0.15) is 20.8 Å². The van der Waals surface area contributed by atoms with Gasteiger partial charge in [0, 0.05) is 0 Å². The number of ether oxygens (including phenoxy) is 1. The molecule has 3 N–H and O–H groups in total. The highest BCUT2D eigenvalue weighted by molar-refractivity contribution is 5.80. The lowest BCUT2D eigenvalue weighted by atomic mass is 10.2. The van der Waals surface area contributed by atoms with E-state index in [-0.39, 0.29) is 0 Å². The first-order chi connectivity index (χ1) is 6.76. The molecular formula is C10H13NO4. The van der Waals surface area contributed by atoms with E-state index in [1.165, 1.54) is 0 Å². The third-order valence-corrected chi connectivity index (χ3v) is 1.10. The second-order valence-electron chi connectivity index (χ2n) is 3.73. The number of allylic oxidation sites excluding steroid dienone is 1. The summed E-state index contributed by atoms with van der Waals surface area (Å²) >= 11 is 0. The molecule has 0 aliphatic rings. The fraction of sp³-hybridized carbons (Fsp3) is 0.500. The maximum Gasteiger partial charge on any atom is 0.336 e. The summed E-state index contributed by atoms with van der Waals surface area (Å²) in [7, 11) is 0. The SMILES string of the molecule is CC(C)(C)OC(=O)C(N)C#CC(O)=C=O. The highest BCUT2D eigenvalue weighted by Crippen LogP contribution is 2.07.